The monoisotopic (exact) mass is 182 g/mol. The Morgan fingerprint density at radius 1 is 1.46 bits per heavy atom. The average Bonchev–Trinajstić information content (AvgIpc) is 2.12. The van der Waals surface area contributed by atoms with Gasteiger partial charge in [-0.1, -0.05) is 45.6 Å². The summed E-state index contributed by atoms with van der Waals surface area (Å²) in [6.07, 6.45) is 7.81. The van der Waals surface area contributed by atoms with Crippen molar-refractivity contribution in [3.05, 3.63) is 12.7 Å². The summed E-state index contributed by atoms with van der Waals surface area (Å²) in [6.45, 7) is 7.94. The Kier molecular flexibility index (Phi) is 7.66. The Bertz CT molecular complexity index is 149. The van der Waals surface area contributed by atoms with Gasteiger partial charge in [0, 0.05) is 12.8 Å². The number of rotatable bonds is 8. The molecule has 0 saturated heterocycles. The van der Waals surface area contributed by atoms with Crippen LogP contribution in [0.1, 0.15) is 52.4 Å². The van der Waals surface area contributed by atoms with Gasteiger partial charge in [0.25, 0.3) is 0 Å². The van der Waals surface area contributed by atoms with Gasteiger partial charge in [-0.2, -0.15) is 0 Å². The molecule has 0 amide bonds. The van der Waals surface area contributed by atoms with E-state index in [1.165, 1.54) is 19.3 Å². The summed E-state index contributed by atoms with van der Waals surface area (Å²) in [7, 11) is 0. The molecule has 1 atom stereocenters. The van der Waals surface area contributed by atoms with E-state index in [2.05, 4.69) is 20.4 Å². The third-order valence-electron chi connectivity index (χ3n) is 2.43. The minimum atomic E-state index is 0.345. The third kappa shape index (κ3) is 6.56. The first-order valence-electron chi connectivity index (χ1n) is 5.37. The summed E-state index contributed by atoms with van der Waals surface area (Å²) in [5.41, 5.74) is 0. The number of carbonyl (C=O) groups excluding carboxylic acids is 1. The zero-order valence-electron chi connectivity index (χ0n) is 9.01. The molecule has 0 aromatic carbocycles. The van der Waals surface area contributed by atoms with Crippen LogP contribution < -0.4 is 0 Å². The van der Waals surface area contributed by atoms with Crippen LogP contribution in [0.25, 0.3) is 0 Å². The molecule has 0 aliphatic heterocycles. The molecule has 1 nitrogen and oxygen atoms in total. The van der Waals surface area contributed by atoms with E-state index in [0.29, 0.717) is 18.1 Å². The smallest absolute Gasteiger partial charge is 0.136 e. The number of Topliss-reactive ketones (excluding diaryl/α,β-unsaturated/α-hetero) is 1. The fourth-order valence-electron chi connectivity index (χ4n) is 1.51. The van der Waals surface area contributed by atoms with Crippen molar-refractivity contribution in [2.75, 3.05) is 0 Å². The van der Waals surface area contributed by atoms with Crippen LogP contribution in [0.3, 0.4) is 0 Å². The number of allylic oxidation sites excluding steroid dienone is 1. The van der Waals surface area contributed by atoms with Crippen molar-refractivity contribution in [1.82, 2.24) is 0 Å². The first-order chi connectivity index (χ1) is 6.24. The lowest BCUT2D eigenvalue weighted by molar-refractivity contribution is -0.119. The first-order valence-corrected chi connectivity index (χ1v) is 5.37. The van der Waals surface area contributed by atoms with Crippen molar-refractivity contribution >= 4 is 5.78 Å². The Balaban J connectivity index is 3.68. The van der Waals surface area contributed by atoms with Gasteiger partial charge < -0.3 is 0 Å². The number of hydrogen-bond acceptors (Lipinski definition) is 1. The lowest BCUT2D eigenvalue weighted by Crippen LogP contribution is -2.06. The van der Waals surface area contributed by atoms with Crippen molar-refractivity contribution in [2.24, 2.45) is 5.92 Å². The van der Waals surface area contributed by atoms with Gasteiger partial charge in [-0.3, -0.25) is 4.79 Å². The Labute approximate surface area is 82.2 Å². The van der Waals surface area contributed by atoms with Crippen molar-refractivity contribution < 1.29 is 4.79 Å². The standard InChI is InChI=1S/C12H22O/c1-4-7-9-11(6-3)10-12(13)8-5-2/h5,11H,2,4,6-10H2,1,3H3. The SMILES string of the molecule is C=CCC(=O)CC(CC)CCCC. The largest absolute Gasteiger partial charge is 0.299 e. The maximum atomic E-state index is 11.3. The van der Waals surface area contributed by atoms with Crippen molar-refractivity contribution in [2.45, 2.75) is 52.4 Å². The van der Waals surface area contributed by atoms with Crippen molar-refractivity contribution in [3.63, 3.8) is 0 Å². The van der Waals surface area contributed by atoms with Gasteiger partial charge in [0.15, 0.2) is 0 Å². The van der Waals surface area contributed by atoms with Gasteiger partial charge in [-0.05, 0) is 5.92 Å². The fourth-order valence-corrected chi connectivity index (χ4v) is 1.51. The van der Waals surface area contributed by atoms with Gasteiger partial charge >= 0.3 is 0 Å². The molecule has 0 bridgehead atoms. The van der Waals surface area contributed by atoms with Crippen molar-refractivity contribution in [1.29, 1.82) is 0 Å². The molecule has 0 aromatic heterocycles. The summed E-state index contributed by atoms with van der Waals surface area (Å²) in [4.78, 5) is 11.3. The van der Waals surface area contributed by atoms with Gasteiger partial charge in [0.05, 0.1) is 0 Å². The predicted octanol–water partition coefficient (Wildman–Crippen LogP) is 3.74. The molecule has 0 radical (unpaired) electrons. The Morgan fingerprint density at radius 2 is 2.15 bits per heavy atom. The number of hydrogen-bond donors (Lipinski definition) is 0. The number of unbranched alkanes of at least 4 members (excludes halogenated alkanes) is 1. The predicted molar refractivity (Wildman–Crippen MR) is 57.7 cm³/mol. The van der Waals surface area contributed by atoms with Crippen LogP contribution in [0.5, 0.6) is 0 Å². The zero-order chi connectivity index (χ0) is 10.1. The molecule has 0 N–H and O–H groups in total. The average molecular weight is 182 g/mol. The lowest BCUT2D eigenvalue weighted by atomic mass is 9.93. The normalized spacial score (nSPS) is 12.5. The molecule has 0 aliphatic carbocycles. The highest BCUT2D eigenvalue weighted by Crippen LogP contribution is 2.17. The lowest BCUT2D eigenvalue weighted by Gasteiger charge is -2.12. The van der Waals surface area contributed by atoms with Crippen LogP contribution in [0.15, 0.2) is 12.7 Å². The van der Waals surface area contributed by atoms with E-state index in [4.69, 9.17) is 0 Å². The zero-order valence-corrected chi connectivity index (χ0v) is 9.01. The molecule has 0 saturated carbocycles. The summed E-state index contributed by atoms with van der Waals surface area (Å²) in [5, 5.41) is 0. The third-order valence-corrected chi connectivity index (χ3v) is 2.43. The molecule has 13 heavy (non-hydrogen) atoms. The van der Waals surface area contributed by atoms with Crippen LogP contribution in [0.4, 0.5) is 0 Å². The number of ketones is 1. The fraction of sp³-hybridized carbons (Fsp3) is 0.750. The van der Waals surface area contributed by atoms with E-state index >= 15 is 0 Å². The van der Waals surface area contributed by atoms with Crippen LogP contribution in [0, 0.1) is 5.92 Å². The van der Waals surface area contributed by atoms with E-state index in [-0.39, 0.29) is 0 Å². The maximum Gasteiger partial charge on any atom is 0.136 e. The quantitative estimate of drug-likeness (QED) is 0.523. The highest BCUT2D eigenvalue weighted by atomic mass is 16.1. The van der Waals surface area contributed by atoms with Crippen LogP contribution in [-0.4, -0.2) is 5.78 Å². The van der Waals surface area contributed by atoms with Crippen molar-refractivity contribution in [3.8, 4) is 0 Å². The van der Waals surface area contributed by atoms with Crippen LogP contribution in [0.2, 0.25) is 0 Å². The van der Waals surface area contributed by atoms with Crippen LogP contribution in [-0.2, 0) is 4.79 Å². The second-order valence-electron chi connectivity index (χ2n) is 3.65. The summed E-state index contributed by atoms with van der Waals surface area (Å²) < 4.78 is 0. The topological polar surface area (TPSA) is 17.1 Å². The molecule has 0 fully saturated rings. The molecule has 76 valence electrons. The molecule has 1 heteroatoms. The minimum Gasteiger partial charge on any atom is -0.299 e. The number of carbonyl (C=O) groups is 1. The van der Waals surface area contributed by atoms with Gasteiger partial charge in [0.2, 0.25) is 0 Å². The highest BCUT2D eigenvalue weighted by Gasteiger charge is 2.09. The van der Waals surface area contributed by atoms with E-state index in [1.807, 2.05) is 0 Å². The molecule has 0 rings (SSSR count). The van der Waals surface area contributed by atoms with E-state index < -0.39 is 0 Å². The van der Waals surface area contributed by atoms with E-state index in [9.17, 15) is 4.79 Å². The van der Waals surface area contributed by atoms with Gasteiger partial charge in [0.1, 0.15) is 5.78 Å². The maximum absolute atomic E-state index is 11.3. The van der Waals surface area contributed by atoms with E-state index in [0.717, 1.165) is 12.8 Å². The molecular formula is C12H22O. The minimum absolute atomic E-state index is 0.345. The molecule has 0 spiro atoms. The summed E-state index contributed by atoms with van der Waals surface area (Å²) >= 11 is 0. The molecule has 1 unspecified atom stereocenters. The summed E-state index contributed by atoms with van der Waals surface area (Å²) in [5.74, 6) is 0.949. The second kappa shape index (κ2) is 8.03. The van der Waals surface area contributed by atoms with E-state index in [1.54, 1.807) is 6.08 Å². The molecular weight excluding hydrogens is 160 g/mol. The molecule has 0 aliphatic rings. The first kappa shape index (κ1) is 12.4. The molecule has 0 heterocycles. The van der Waals surface area contributed by atoms with Gasteiger partial charge in [-0.15, -0.1) is 6.58 Å². The van der Waals surface area contributed by atoms with Crippen LogP contribution >= 0.6 is 0 Å². The summed E-state index contributed by atoms with van der Waals surface area (Å²) in [6, 6.07) is 0. The molecule has 0 aromatic rings. The Morgan fingerprint density at radius 3 is 2.62 bits per heavy atom. The Hall–Kier alpha value is -0.590. The van der Waals surface area contributed by atoms with Gasteiger partial charge in [-0.25, -0.2) is 0 Å². The second-order valence-corrected chi connectivity index (χ2v) is 3.65. The highest BCUT2D eigenvalue weighted by molar-refractivity contribution is 5.79.